The van der Waals surface area contributed by atoms with Gasteiger partial charge in [0, 0.05) is 12.1 Å². The molecule has 0 saturated carbocycles. The molecular formula is C18H15F3N2O6. The highest BCUT2D eigenvalue weighted by molar-refractivity contribution is 5.93. The van der Waals surface area contributed by atoms with Crippen molar-refractivity contribution in [3.05, 3.63) is 63.7 Å². The minimum Gasteiger partial charge on any atom is -0.497 e. The predicted molar refractivity (Wildman–Crippen MR) is 94.4 cm³/mol. The van der Waals surface area contributed by atoms with E-state index in [4.69, 9.17) is 9.47 Å². The maximum absolute atomic E-state index is 13.1. The van der Waals surface area contributed by atoms with Gasteiger partial charge in [0.05, 0.1) is 29.7 Å². The second kappa shape index (κ2) is 9.04. The third-order valence-electron chi connectivity index (χ3n) is 3.67. The van der Waals surface area contributed by atoms with E-state index in [0.29, 0.717) is 17.4 Å². The molecule has 0 heterocycles. The van der Waals surface area contributed by atoms with Gasteiger partial charge in [-0.3, -0.25) is 19.7 Å². The Morgan fingerprint density at radius 2 is 1.79 bits per heavy atom. The number of non-ortho nitro benzene ring substituents is 1. The van der Waals surface area contributed by atoms with Crippen LogP contribution in [0.5, 0.6) is 5.75 Å². The third-order valence-corrected chi connectivity index (χ3v) is 3.67. The number of esters is 1. The van der Waals surface area contributed by atoms with Crippen molar-refractivity contribution in [3.8, 4) is 5.75 Å². The monoisotopic (exact) mass is 412 g/mol. The second-order valence-corrected chi connectivity index (χ2v) is 5.72. The van der Waals surface area contributed by atoms with Crippen LogP contribution in [0.25, 0.3) is 0 Å². The number of carbonyl (C=O) groups is 2. The van der Waals surface area contributed by atoms with Crippen LogP contribution < -0.4 is 10.1 Å². The molecule has 154 valence electrons. The van der Waals surface area contributed by atoms with Gasteiger partial charge in [-0.25, -0.2) is 0 Å². The normalized spacial score (nSPS) is 10.9. The van der Waals surface area contributed by atoms with Crippen molar-refractivity contribution in [2.75, 3.05) is 19.0 Å². The average molecular weight is 412 g/mol. The number of nitro benzene ring substituents is 1. The van der Waals surface area contributed by atoms with Gasteiger partial charge < -0.3 is 14.8 Å². The molecule has 0 bridgehead atoms. The molecule has 0 aromatic heterocycles. The van der Waals surface area contributed by atoms with Crippen molar-refractivity contribution in [2.24, 2.45) is 0 Å². The molecule has 1 amide bonds. The highest BCUT2D eigenvalue weighted by atomic mass is 19.4. The first-order valence-corrected chi connectivity index (χ1v) is 8.04. The van der Waals surface area contributed by atoms with E-state index in [-0.39, 0.29) is 6.42 Å². The lowest BCUT2D eigenvalue weighted by atomic mass is 10.1. The molecule has 0 fully saturated rings. The highest BCUT2D eigenvalue weighted by Crippen LogP contribution is 2.37. The van der Waals surface area contributed by atoms with Gasteiger partial charge in [-0.05, 0) is 23.8 Å². The van der Waals surface area contributed by atoms with E-state index >= 15 is 0 Å². The van der Waals surface area contributed by atoms with Gasteiger partial charge in [0.1, 0.15) is 5.75 Å². The summed E-state index contributed by atoms with van der Waals surface area (Å²) in [5.41, 5.74) is -2.25. The SMILES string of the molecule is COc1ccc(CC(=O)OCC(=O)Nc2ccc([N+](=O)[O-])cc2C(F)(F)F)cc1. The van der Waals surface area contributed by atoms with E-state index in [0.717, 1.165) is 12.1 Å². The number of nitrogens with zero attached hydrogens (tertiary/aromatic N) is 1. The highest BCUT2D eigenvalue weighted by Gasteiger charge is 2.35. The molecule has 0 atom stereocenters. The number of amides is 1. The van der Waals surface area contributed by atoms with Crippen LogP contribution in [0.3, 0.4) is 0 Å². The molecule has 2 aromatic carbocycles. The van der Waals surface area contributed by atoms with E-state index in [1.807, 2.05) is 5.32 Å². The Balaban J connectivity index is 1.97. The van der Waals surface area contributed by atoms with Crippen LogP contribution in [0.15, 0.2) is 42.5 Å². The van der Waals surface area contributed by atoms with Crippen LogP contribution in [0.1, 0.15) is 11.1 Å². The lowest BCUT2D eigenvalue weighted by Crippen LogP contribution is -2.23. The Bertz CT molecular complexity index is 913. The largest absolute Gasteiger partial charge is 0.497 e. The summed E-state index contributed by atoms with van der Waals surface area (Å²) in [6, 6.07) is 8.38. The number of carbonyl (C=O) groups excluding carboxylic acids is 2. The van der Waals surface area contributed by atoms with Crippen LogP contribution in [0.4, 0.5) is 24.5 Å². The van der Waals surface area contributed by atoms with Crippen molar-refractivity contribution in [1.82, 2.24) is 0 Å². The van der Waals surface area contributed by atoms with E-state index in [1.165, 1.54) is 7.11 Å². The standard InChI is InChI=1S/C18H15F3N2O6/c1-28-13-5-2-11(3-6-13)8-17(25)29-10-16(24)22-15-7-4-12(23(26)27)9-14(15)18(19,20)21/h2-7,9H,8,10H2,1H3,(H,22,24). The van der Waals surface area contributed by atoms with E-state index in [1.54, 1.807) is 24.3 Å². The van der Waals surface area contributed by atoms with Gasteiger partial charge in [0.2, 0.25) is 0 Å². The fourth-order valence-corrected chi connectivity index (χ4v) is 2.28. The van der Waals surface area contributed by atoms with Gasteiger partial charge in [-0.1, -0.05) is 12.1 Å². The summed E-state index contributed by atoms with van der Waals surface area (Å²) < 4.78 is 49.0. The predicted octanol–water partition coefficient (Wildman–Crippen LogP) is 3.35. The molecule has 0 aliphatic heterocycles. The Kier molecular flexibility index (Phi) is 6.75. The Hall–Kier alpha value is -3.63. The topological polar surface area (TPSA) is 108 Å². The smallest absolute Gasteiger partial charge is 0.418 e. The molecule has 0 aliphatic carbocycles. The molecule has 2 rings (SSSR count). The number of hydrogen-bond donors (Lipinski definition) is 1. The molecule has 8 nitrogen and oxygen atoms in total. The Labute approximate surface area is 162 Å². The van der Waals surface area contributed by atoms with Crippen molar-refractivity contribution < 1.29 is 37.2 Å². The molecule has 1 N–H and O–H groups in total. The Morgan fingerprint density at radius 1 is 1.14 bits per heavy atom. The second-order valence-electron chi connectivity index (χ2n) is 5.72. The molecule has 29 heavy (non-hydrogen) atoms. The van der Waals surface area contributed by atoms with Crippen molar-refractivity contribution in [2.45, 2.75) is 12.6 Å². The van der Waals surface area contributed by atoms with Crippen molar-refractivity contribution >= 4 is 23.3 Å². The number of rotatable bonds is 7. The zero-order valence-electron chi connectivity index (χ0n) is 15.0. The fourth-order valence-electron chi connectivity index (χ4n) is 2.28. The summed E-state index contributed by atoms with van der Waals surface area (Å²) in [6.07, 6.45) is -5.08. The molecule has 0 unspecified atom stereocenters. The van der Waals surface area contributed by atoms with Crippen LogP contribution in [0.2, 0.25) is 0 Å². The number of methoxy groups -OCH3 is 1. The van der Waals surface area contributed by atoms with Crippen LogP contribution >= 0.6 is 0 Å². The molecule has 0 aliphatic rings. The minimum atomic E-state index is -4.93. The van der Waals surface area contributed by atoms with Gasteiger partial charge in [-0.15, -0.1) is 0 Å². The molecule has 11 heteroatoms. The molecule has 0 saturated heterocycles. The van der Waals surface area contributed by atoms with Crippen molar-refractivity contribution in [3.63, 3.8) is 0 Å². The minimum absolute atomic E-state index is 0.150. The summed E-state index contributed by atoms with van der Waals surface area (Å²) in [6.45, 7) is -0.816. The number of nitrogens with one attached hydrogen (secondary N) is 1. The number of hydrogen-bond acceptors (Lipinski definition) is 6. The number of alkyl halides is 3. The molecular weight excluding hydrogens is 397 g/mol. The summed E-state index contributed by atoms with van der Waals surface area (Å²) >= 11 is 0. The quantitative estimate of drug-likeness (QED) is 0.425. The maximum atomic E-state index is 13.1. The molecule has 0 radical (unpaired) electrons. The zero-order chi connectivity index (χ0) is 21.6. The molecule has 0 spiro atoms. The van der Waals surface area contributed by atoms with Gasteiger partial charge >= 0.3 is 12.1 Å². The lowest BCUT2D eigenvalue weighted by molar-refractivity contribution is -0.385. The van der Waals surface area contributed by atoms with E-state index < -0.39 is 46.5 Å². The van der Waals surface area contributed by atoms with E-state index in [9.17, 15) is 32.9 Å². The Morgan fingerprint density at radius 3 is 2.34 bits per heavy atom. The number of nitro groups is 1. The first kappa shape index (κ1) is 21.7. The number of anilines is 1. The van der Waals surface area contributed by atoms with Crippen LogP contribution in [0, 0.1) is 10.1 Å². The zero-order valence-corrected chi connectivity index (χ0v) is 15.0. The molecule has 2 aromatic rings. The first-order valence-electron chi connectivity index (χ1n) is 8.04. The fraction of sp³-hybridized carbons (Fsp3) is 0.222. The van der Waals surface area contributed by atoms with Crippen molar-refractivity contribution in [1.29, 1.82) is 0 Å². The van der Waals surface area contributed by atoms with Crippen LogP contribution in [-0.2, 0) is 26.9 Å². The van der Waals surface area contributed by atoms with Gasteiger partial charge in [0.15, 0.2) is 6.61 Å². The first-order chi connectivity index (χ1) is 13.6. The number of halogens is 3. The maximum Gasteiger partial charge on any atom is 0.418 e. The van der Waals surface area contributed by atoms with E-state index in [2.05, 4.69) is 0 Å². The van der Waals surface area contributed by atoms with Gasteiger partial charge in [-0.2, -0.15) is 13.2 Å². The van der Waals surface area contributed by atoms with Crippen LogP contribution in [-0.4, -0.2) is 30.5 Å². The number of ether oxygens (including phenoxy) is 2. The summed E-state index contributed by atoms with van der Waals surface area (Å²) in [5, 5.41) is 12.6. The average Bonchev–Trinajstić information content (AvgIpc) is 2.66. The third kappa shape index (κ3) is 6.19. The lowest BCUT2D eigenvalue weighted by Gasteiger charge is -2.13. The summed E-state index contributed by atoms with van der Waals surface area (Å²) in [4.78, 5) is 33.3. The summed E-state index contributed by atoms with van der Waals surface area (Å²) in [7, 11) is 1.48. The number of benzene rings is 2. The summed E-state index contributed by atoms with van der Waals surface area (Å²) in [5.74, 6) is -1.19. The van der Waals surface area contributed by atoms with Gasteiger partial charge in [0.25, 0.3) is 11.6 Å².